The van der Waals surface area contributed by atoms with Crippen molar-refractivity contribution in [2.24, 2.45) is 0 Å². The van der Waals surface area contributed by atoms with Gasteiger partial charge in [-0.25, -0.2) is 0 Å². The van der Waals surface area contributed by atoms with Crippen molar-refractivity contribution in [3.63, 3.8) is 0 Å². The molecule has 0 aliphatic heterocycles. The molecular weight excluding hydrogens is 340 g/mol. The Bertz CT molecular complexity index is 670. The molecule has 3 rings (SSSR count). The number of hydrogen-bond acceptors (Lipinski definition) is 4. The average Bonchev–Trinajstić information content (AvgIpc) is 3.07. The van der Waals surface area contributed by atoms with Gasteiger partial charge in [-0.1, -0.05) is 37.9 Å². The van der Waals surface area contributed by atoms with Crippen molar-refractivity contribution in [1.29, 1.82) is 0 Å². The van der Waals surface area contributed by atoms with Crippen LogP contribution in [0.15, 0.2) is 29.4 Å². The van der Waals surface area contributed by atoms with Crippen molar-refractivity contribution in [3.8, 4) is 11.4 Å². The van der Waals surface area contributed by atoms with Crippen LogP contribution >= 0.6 is 11.8 Å². The predicted octanol–water partition coefficient (Wildman–Crippen LogP) is 5.63. The van der Waals surface area contributed by atoms with Crippen LogP contribution in [0.1, 0.15) is 59.3 Å². The summed E-state index contributed by atoms with van der Waals surface area (Å²) in [6.45, 7) is 9.67. The summed E-state index contributed by atoms with van der Waals surface area (Å²) in [6.07, 6.45) is 7.84. The van der Waals surface area contributed by atoms with Crippen LogP contribution in [-0.2, 0) is 6.54 Å². The summed E-state index contributed by atoms with van der Waals surface area (Å²) in [5, 5.41) is 10.9. The fourth-order valence-corrected chi connectivity index (χ4v) is 5.02. The highest BCUT2D eigenvalue weighted by molar-refractivity contribution is 7.99. The fraction of sp³-hybridized carbons (Fsp3) is 0.619. The zero-order valence-electron chi connectivity index (χ0n) is 16.4. The standard InChI is InChI=1S/C21H32N4S/c1-4-16-25-20(17-12-14-18(15-13-17)24(5-2)6-3)22-23-21(25)26-19-10-8-7-9-11-19/h12-15,19H,4-11,16H2,1-3H3. The van der Waals surface area contributed by atoms with Gasteiger partial charge in [0, 0.05) is 36.1 Å². The van der Waals surface area contributed by atoms with Crippen molar-refractivity contribution in [3.05, 3.63) is 24.3 Å². The molecule has 1 aliphatic rings. The summed E-state index contributed by atoms with van der Waals surface area (Å²) >= 11 is 1.94. The molecule has 142 valence electrons. The van der Waals surface area contributed by atoms with E-state index in [0.717, 1.165) is 42.6 Å². The second kappa shape index (κ2) is 9.45. The summed E-state index contributed by atoms with van der Waals surface area (Å²) in [7, 11) is 0. The Hall–Kier alpha value is -1.49. The van der Waals surface area contributed by atoms with Crippen LogP contribution < -0.4 is 4.90 Å². The van der Waals surface area contributed by atoms with Crippen LogP contribution in [0.4, 0.5) is 5.69 Å². The normalized spacial score (nSPS) is 15.3. The lowest BCUT2D eigenvalue weighted by molar-refractivity contribution is 0.513. The first kappa shape index (κ1) is 19.3. The lowest BCUT2D eigenvalue weighted by Crippen LogP contribution is -2.21. The molecule has 2 aromatic rings. The molecular formula is C21H32N4S. The predicted molar refractivity (Wildman–Crippen MR) is 112 cm³/mol. The third kappa shape index (κ3) is 4.43. The van der Waals surface area contributed by atoms with Gasteiger partial charge in [0.05, 0.1) is 0 Å². The molecule has 0 radical (unpaired) electrons. The van der Waals surface area contributed by atoms with Gasteiger partial charge in [0.2, 0.25) is 0 Å². The van der Waals surface area contributed by atoms with Crippen molar-refractivity contribution < 1.29 is 0 Å². The second-order valence-electron chi connectivity index (χ2n) is 7.05. The highest BCUT2D eigenvalue weighted by Gasteiger charge is 2.20. The Morgan fingerprint density at radius 1 is 1.00 bits per heavy atom. The van der Waals surface area contributed by atoms with Crippen LogP contribution in [0.5, 0.6) is 0 Å². The molecule has 0 spiro atoms. The fourth-order valence-electron chi connectivity index (χ4n) is 3.76. The maximum absolute atomic E-state index is 4.56. The van der Waals surface area contributed by atoms with Gasteiger partial charge in [-0.15, -0.1) is 10.2 Å². The molecule has 1 fully saturated rings. The summed E-state index contributed by atoms with van der Waals surface area (Å²) in [6, 6.07) is 8.81. The number of hydrogen-bond donors (Lipinski definition) is 0. The van der Waals surface area contributed by atoms with Crippen LogP contribution in [-0.4, -0.2) is 33.1 Å². The molecule has 1 aliphatic carbocycles. The van der Waals surface area contributed by atoms with Gasteiger partial charge in [0.1, 0.15) is 0 Å². The van der Waals surface area contributed by atoms with Crippen molar-refractivity contribution in [1.82, 2.24) is 14.8 Å². The van der Waals surface area contributed by atoms with Gasteiger partial charge >= 0.3 is 0 Å². The molecule has 0 bridgehead atoms. The molecule has 5 heteroatoms. The molecule has 1 aromatic heterocycles. The van der Waals surface area contributed by atoms with Crippen molar-refractivity contribution in [2.75, 3.05) is 18.0 Å². The van der Waals surface area contributed by atoms with E-state index in [0.29, 0.717) is 5.25 Å². The Labute approximate surface area is 162 Å². The van der Waals surface area contributed by atoms with E-state index in [2.05, 4.69) is 64.7 Å². The van der Waals surface area contributed by atoms with Crippen LogP contribution in [0.3, 0.4) is 0 Å². The molecule has 26 heavy (non-hydrogen) atoms. The van der Waals surface area contributed by atoms with Crippen LogP contribution in [0, 0.1) is 0 Å². The molecule has 1 saturated carbocycles. The maximum atomic E-state index is 4.56. The molecule has 0 N–H and O–H groups in total. The minimum Gasteiger partial charge on any atom is -0.372 e. The lowest BCUT2D eigenvalue weighted by atomic mass is 10.0. The third-order valence-corrected chi connectivity index (χ3v) is 6.56. The molecule has 0 atom stereocenters. The van der Waals surface area contributed by atoms with Crippen LogP contribution in [0.2, 0.25) is 0 Å². The quantitative estimate of drug-likeness (QED) is 0.602. The van der Waals surface area contributed by atoms with E-state index in [4.69, 9.17) is 0 Å². The van der Waals surface area contributed by atoms with E-state index in [-0.39, 0.29) is 0 Å². The molecule has 4 nitrogen and oxygen atoms in total. The van der Waals surface area contributed by atoms with Gasteiger partial charge in [-0.05, 0) is 57.4 Å². The SMILES string of the molecule is CCCn1c(SC2CCCCC2)nnc1-c1ccc(N(CC)CC)cc1. The Balaban J connectivity index is 1.82. The number of anilines is 1. The van der Waals surface area contributed by atoms with E-state index < -0.39 is 0 Å². The minimum absolute atomic E-state index is 0.710. The van der Waals surface area contributed by atoms with E-state index in [1.54, 1.807) is 0 Å². The molecule has 0 amide bonds. The number of aromatic nitrogens is 3. The highest BCUT2D eigenvalue weighted by Crippen LogP contribution is 2.34. The number of rotatable bonds is 8. The number of nitrogens with zero attached hydrogens (tertiary/aromatic N) is 4. The lowest BCUT2D eigenvalue weighted by Gasteiger charge is -2.21. The van der Waals surface area contributed by atoms with Crippen LogP contribution in [0.25, 0.3) is 11.4 Å². The number of thioether (sulfide) groups is 1. The van der Waals surface area contributed by atoms with Gasteiger partial charge in [0.25, 0.3) is 0 Å². The topological polar surface area (TPSA) is 34.0 Å². The summed E-state index contributed by atoms with van der Waals surface area (Å²) < 4.78 is 2.33. The first-order chi connectivity index (χ1) is 12.8. The zero-order valence-corrected chi connectivity index (χ0v) is 17.3. The summed E-state index contributed by atoms with van der Waals surface area (Å²) in [4.78, 5) is 2.37. The average molecular weight is 373 g/mol. The summed E-state index contributed by atoms with van der Waals surface area (Å²) in [5.41, 5.74) is 2.44. The molecule has 1 heterocycles. The third-order valence-electron chi connectivity index (χ3n) is 5.24. The molecule has 1 aromatic carbocycles. The zero-order chi connectivity index (χ0) is 18.4. The monoisotopic (exact) mass is 372 g/mol. The first-order valence-corrected chi connectivity index (χ1v) is 11.1. The first-order valence-electron chi connectivity index (χ1n) is 10.2. The Morgan fingerprint density at radius 3 is 2.31 bits per heavy atom. The van der Waals surface area contributed by atoms with E-state index in [9.17, 15) is 0 Å². The minimum atomic E-state index is 0.710. The smallest absolute Gasteiger partial charge is 0.191 e. The van der Waals surface area contributed by atoms with Gasteiger partial charge in [-0.3, -0.25) is 0 Å². The highest BCUT2D eigenvalue weighted by atomic mass is 32.2. The van der Waals surface area contributed by atoms with Crippen molar-refractivity contribution in [2.45, 2.75) is 76.2 Å². The Morgan fingerprint density at radius 2 is 1.69 bits per heavy atom. The van der Waals surface area contributed by atoms with Gasteiger partial charge in [0.15, 0.2) is 11.0 Å². The molecule has 0 saturated heterocycles. The number of benzene rings is 1. The van der Waals surface area contributed by atoms with Gasteiger partial charge in [-0.2, -0.15) is 0 Å². The van der Waals surface area contributed by atoms with E-state index in [1.807, 2.05) is 11.8 Å². The second-order valence-corrected chi connectivity index (χ2v) is 8.32. The van der Waals surface area contributed by atoms with E-state index >= 15 is 0 Å². The molecule has 0 unspecified atom stereocenters. The van der Waals surface area contributed by atoms with E-state index in [1.165, 1.54) is 37.8 Å². The Kier molecular flexibility index (Phi) is 7.00. The maximum Gasteiger partial charge on any atom is 0.191 e. The summed E-state index contributed by atoms with van der Waals surface area (Å²) in [5.74, 6) is 1.01. The largest absolute Gasteiger partial charge is 0.372 e. The van der Waals surface area contributed by atoms with Gasteiger partial charge < -0.3 is 9.47 Å². The van der Waals surface area contributed by atoms with Crippen molar-refractivity contribution >= 4 is 17.4 Å².